The first kappa shape index (κ1) is 77.3. The van der Waals surface area contributed by atoms with Crippen molar-refractivity contribution in [2.24, 2.45) is 0 Å². The minimum atomic E-state index is -4.73. The van der Waals surface area contributed by atoms with Gasteiger partial charge in [0.2, 0.25) is 0 Å². The summed E-state index contributed by atoms with van der Waals surface area (Å²) in [5, 5.41) is 86.1. The van der Waals surface area contributed by atoms with Crippen LogP contribution in [0.5, 0.6) is 57.5 Å². The molecule has 0 aliphatic carbocycles. The second-order valence-corrected chi connectivity index (χ2v) is 22.9. The van der Waals surface area contributed by atoms with Crippen molar-refractivity contribution in [1.82, 2.24) is 75.0 Å². The largest absolute Gasteiger partial charge is 0.573 e. The van der Waals surface area contributed by atoms with Gasteiger partial charge in [-0.2, -0.15) is 13.2 Å². The van der Waals surface area contributed by atoms with E-state index in [4.69, 9.17) is 18.9 Å². The molecule has 0 aliphatic rings. The zero-order chi connectivity index (χ0) is 78.4. The maximum absolute atomic E-state index is 13.7. The lowest BCUT2D eigenvalue weighted by Gasteiger charge is -2.09. The van der Waals surface area contributed by atoms with Crippen molar-refractivity contribution in [3.63, 3.8) is 0 Å². The monoisotopic (exact) mass is 1530 g/mol. The number of rotatable bonds is 19. The molecule has 0 spiro atoms. The van der Waals surface area contributed by atoms with Crippen LogP contribution < -0.4 is 23.7 Å². The predicted molar refractivity (Wildman–Crippen MR) is 375 cm³/mol. The Morgan fingerprint density at radius 1 is 0.324 bits per heavy atom. The van der Waals surface area contributed by atoms with E-state index in [0.717, 1.165) is 47.8 Å². The molecular formula is C76H57F10N15O10. The van der Waals surface area contributed by atoms with E-state index in [0.29, 0.717) is 57.1 Å². The molecule has 0 atom stereocenters. The lowest BCUT2D eigenvalue weighted by molar-refractivity contribution is -0.274. The molecule has 15 aromatic rings. The number of phenolic OH excluding ortho intramolecular Hbond substituents is 5. The van der Waals surface area contributed by atoms with Crippen LogP contribution in [0, 0.1) is 23.3 Å². The molecule has 0 fully saturated rings. The van der Waals surface area contributed by atoms with E-state index in [1.807, 2.05) is 0 Å². The number of hydrogen-bond donors (Lipinski definition) is 5. The standard InChI is InChI=1S/C16H12F3N3O3.C16H12F3N3O2.2C15H12FN3O2.C14H9F2N3O/c17-16(18,19)25-15-7-5-14(6-8-15)24-10-11-9-22(21-20-11)12-1-3-13(23)4-2-12;17-16(18,19)11-1-7-15(8-2-11)24-10-12-9-22(21-20-12)13-3-5-14(23)6-4-13;16-11-1-7-15(8-2-11)21-10-12-9-19(18-17-12)13-3-5-14(20)6-4-13;16-14-3-1-2-4-15(14)21-10-11-9-19(18-17-11)12-5-7-13(20)8-6-12;15-9-5-6-10(11(16)7-9)12-8-19(18-17-12)13-3-1-2-4-14(13)20/h1-9,23H,10H2;1-9,23H,10H2;2*1-9,20H,10H2;1-8,20H. The number of halogens is 10. The van der Waals surface area contributed by atoms with Crippen molar-refractivity contribution in [2.75, 3.05) is 0 Å². The zero-order valence-electron chi connectivity index (χ0n) is 57.0. The van der Waals surface area contributed by atoms with Crippen molar-refractivity contribution in [2.45, 2.75) is 39.0 Å². The first-order chi connectivity index (χ1) is 53.4. The second kappa shape index (κ2) is 36.0. The quantitative estimate of drug-likeness (QED) is 0.0470. The van der Waals surface area contributed by atoms with Gasteiger partial charge in [-0.1, -0.05) is 50.3 Å². The zero-order valence-corrected chi connectivity index (χ0v) is 57.0. The number of para-hydroxylation sites is 3. The third kappa shape index (κ3) is 22.9. The maximum atomic E-state index is 13.7. The van der Waals surface area contributed by atoms with Crippen LogP contribution in [-0.4, -0.2) is 107 Å². The average Bonchev–Trinajstić information content (AvgIpc) is 1.71. The van der Waals surface area contributed by atoms with E-state index >= 15 is 0 Å². The summed E-state index contributed by atoms with van der Waals surface area (Å²) in [6.07, 6.45) is -0.932. The fourth-order valence-corrected chi connectivity index (χ4v) is 9.44. The van der Waals surface area contributed by atoms with Gasteiger partial charge in [0, 0.05) is 11.6 Å². The number of alkyl halides is 6. The summed E-state index contributed by atoms with van der Waals surface area (Å²) in [7, 11) is 0. The molecule has 0 amide bonds. The van der Waals surface area contributed by atoms with Crippen LogP contribution in [0.4, 0.5) is 43.9 Å². The van der Waals surface area contributed by atoms with Crippen LogP contribution in [0.3, 0.4) is 0 Å². The van der Waals surface area contributed by atoms with E-state index in [1.54, 1.807) is 155 Å². The smallest absolute Gasteiger partial charge is 0.508 e. The van der Waals surface area contributed by atoms with Gasteiger partial charge in [0.25, 0.3) is 0 Å². The Hall–Kier alpha value is -14.8. The van der Waals surface area contributed by atoms with E-state index in [-0.39, 0.29) is 83.7 Å². The lowest BCUT2D eigenvalue weighted by atomic mass is 10.1. The van der Waals surface area contributed by atoms with E-state index in [9.17, 15) is 69.4 Å². The Balaban J connectivity index is 0.000000138. The fourth-order valence-electron chi connectivity index (χ4n) is 9.44. The molecular weight excluding hydrogens is 1470 g/mol. The Labute approximate surface area is 621 Å². The van der Waals surface area contributed by atoms with Crippen LogP contribution in [-0.2, 0) is 32.6 Å². The third-order valence-electron chi connectivity index (χ3n) is 14.9. The number of hydrogen-bond acceptors (Lipinski definition) is 20. The Kier molecular flexibility index (Phi) is 25.1. The highest BCUT2D eigenvalue weighted by Crippen LogP contribution is 2.32. The SMILES string of the molecule is Oc1ccc(-n2cc(COc3ccc(C(F)(F)F)cc3)nn2)cc1.Oc1ccc(-n2cc(COc3ccc(F)cc3)nn2)cc1.Oc1ccc(-n2cc(COc3ccc(OC(F)(F)F)cc3)nn2)cc1.Oc1ccc(-n2cc(COc3ccccc3F)nn2)cc1.Oc1ccccc1-n1cc(-c2ccc(F)cc2F)nn1. The van der Waals surface area contributed by atoms with Gasteiger partial charge >= 0.3 is 12.5 Å². The molecule has 111 heavy (non-hydrogen) atoms. The van der Waals surface area contributed by atoms with Gasteiger partial charge in [0.1, 0.15) is 130 Å². The van der Waals surface area contributed by atoms with Gasteiger partial charge in [-0.05, 0) is 206 Å². The number of phenols is 5. The Bertz CT molecular complexity index is 5440. The highest BCUT2D eigenvalue weighted by molar-refractivity contribution is 5.60. The minimum Gasteiger partial charge on any atom is -0.508 e. The highest BCUT2D eigenvalue weighted by Gasteiger charge is 2.31. The molecule has 0 saturated heterocycles. The van der Waals surface area contributed by atoms with Crippen molar-refractivity contribution in [3.05, 3.63) is 319 Å². The summed E-state index contributed by atoms with van der Waals surface area (Å²) in [5.74, 6) is -0.293. The molecule has 25 nitrogen and oxygen atoms in total. The first-order valence-corrected chi connectivity index (χ1v) is 32.4. The summed E-state index contributed by atoms with van der Waals surface area (Å²) < 4.78 is 159. The van der Waals surface area contributed by atoms with Gasteiger partial charge < -0.3 is 49.2 Å². The number of nitrogens with zero attached hydrogens (tertiary/aromatic N) is 15. The topological polar surface area (TPSA) is 301 Å². The molecule has 5 aromatic heterocycles. The predicted octanol–water partition coefficient (Wildman–Crippen LogP) is 15.3. The molecule has 0 aliphatic heterocycles. The number of ether oxygens (including phenoxy) is 5. The van der Waals surface area contributed by atoms with Gasteiger partial charge in [0.15, 0.2) is 11.6 Å². The first-order valence-electron chi connectivity index (χ1n) is 32.4. The van der Waals surface area contributed by atoms with E-state index < -0.39 is 35.6 Å². The summed E-state index contributed by atoms with van der Waals surface area (Å²) >= 11 is 0. The van der Waals surface area contributed by atoms with Crippen LogP contribution >= 0.6 is 0 Å². The summed E-state index contributed by atoms with van der Waals surface area (Å²) in [6.45, 7) is 0.531. The van der Waals surface area contributed by atoms with Crippen molar-refractivity contribution in [3.8, 4) is 97.2 Å². The molecule has 5 N–H and O–H groups in total. The molecule has 0 radical (unpaired) electrons. The molecule has 0 saturated carbocycles. The van der Waals surface area contributed by atoms with Crippen molar-refractivity contribution in [1.29, 1.82) is 0 Å². The van der Waals surface area contributed by atoms with Gasteiger partial charge in [-0.3, -0.25) is 0 Å². The van der Waals surface area contributed by atoms with Gasteiger partial charge in [-0.15, -0.1) is 38.7 Å². The van der Waals surface area contributed by atoms with Crippen LogP contribution in [0.2, 0.25) is 0 Å². The van der Waals surface area contributed by atoms with Crippen molar-refractivity contribution < 1.29 is 93.1 Å². The minimum absolute atomic E-state index is 0.0310. The maximum Gasteiger partial charge on any atom is 0.573 e. The normalized spacial score (nSPS) is 10.9. The second-order valence-electron chi connectivity index (χ2n) is 22.9. The number of benzene rings is 10. The average molecular weight is 1530 g/mol. The Morgan fingerprint density at radius 2 is 0.685 bits per heavy atom. The summed E-state index contributed by atoms with van der Waals surface area (Å²) in [5.41, 5.74) is 5.34. The molecule has 0 unspecified atom stereocenters. The highest BCUT2D eigenvalue weighted by atomic mass is 19.4. The van der Waals surface area contributed by atoms with Gasteiger partial charge in [0.05, 0.1) is 59.3 Å². The molecule has 5 heterocycles. The number of aromatic nitrogens is 15. The summed E-state index contributed by atoms with van der Waals surface area (Å²) in [4.78, 5) is 0. The summed E-state index contributed by atoms with van der Waals surface area (Å²) in [6, 6.07) is 57.2. The van der Waals surface area contributed by atoms with E-state index in [2.05, 4.69) is 56.3 Å². The molecule has 0 bridgehead atoms. The molecule has 566 valence electrons. The van der Waals surface area contributed by atoms with Crippen molar-refractivity contribution >= 4 is 0 Å². The Morgan fingerprint density at radius 3 is 1.08 bits per heavy atom. The molecule has 15 rings (SSSR count). The third-order valence-corrected chi connectivity index (χ3v) is 14.9. The van der Waals surface area contributed by atoms with E-state index in [1.165, 1.54) is 99.1 Å². The van der Waals surface area contributed by atoms with Crippen LogP contribution in [0.1, 0.15) is 28.3 Å². The van der Waals surface area contributed by atoms with Gasteiger partial charge in [-0.25, -0.2) is 41.0 Å². The molecule has 35 heteroatoms. The fraction of sp³-hybridized carbons (Fsp3) is 0.0789. The number of aromatic hydroxyl groups is 5. The lowest BCUT2D eigenvalue weighted by Crippen LogP contribution is -2.16. The molecule has 10 aromatic carbocycles. The van der Waals surface area contributed by atoms with Crippen LogP contribution in [0.25, 0.3) is 39.7 Å². The van der Waals surface area contributed by atoms with Crippen LogP contribution in [0.15, 0.2) is 268 Å².